The van der Waals surface area contributed by atoms with Crippen LogP contribution in [0.15, 0.2) is 180 Å². The standard InChI is InChI=1S/C52H34O/c1-3-16-40-33(11-1)13-10-22-41(40)35-23-25-36(26-24-35)50-43-18-5-7-20-45(43)51(46-21-8-6-19-44(46)50)39-15-9-14-37(31-39)38-28-29-48-47(32-38)52-42-17-4-2-12-34(42)27-30-49(52)53-48/h1-7,9-20,22-32H,8,21H2. The van der Waals surface area contributed by atoms with E-state index in [0.717, 1.165) is 29.4 Å². The van der Waals surface area contributed by atoms with E-state index in [1.165, 1.54) is 93.3 Å². The molecule has 1 aromatic heterocycles. The minimum Gasteiger partial charge on any atom is -0.456 e. The quantitative estimate of drug-likeness (QED) is 0.181. The average Bonchev–Trinajstić information content (AvgIpc) is 3.61. The second-order valence-electron chi connectivity index (χ2n) is 14.3. The van der Waals surface area contributed by atoms with Crippen molar-refractivity contribution in [2.75, 3.05) is 0 Å². The van der Waals surface area contributed by atoms with Gasteiger partial charge in [-0.25, -0.2) is 0 Å². The van der Waals surface area contributed by atoms with Gasteiger partial charge in [-0.3, -0.25) is 0 Å². The van der Waals surface area contributed by atoms with Crippen molar-refractivity contribution in [3.8, 4) is 44.5 Å². The summed E-state index contributed by atoms with van der Waals surface area (Å²) in [5.41, 5.74) is 14.7. The normalized spacial score (nSPS) is 12.7. The summed E-state index contributed by atoms with van der Waals surface area (Å²) >= 11 is 0. The Balaban J connectivity index is 1.06. The van der Waals surface area contributed by atoms with E-state index >= 15 is 0 Å². The van der Waals surface area contributed by atoms with Gasteiger partial charge in [0.25, 0.3) is 0 Å². The van der Waals surface area contributed by atoms with Crippen LogP contribution in [-0.2, 0) is 6.42 Å². The van der Waals surface area contributed by atoms with Crippen molar-refractivity contribution < 1.29 is 4.42 Å². The van der Waals surface area contributed by atoms with Crippen molar-refractivity contribution in [1.29, 1.82) is 0 Å². The fraction of sp³-hybridized carbons (Fsp3) is 0.0385. The first-order valence-electron chi connectivity index (χ1n) is 18.6. The van der Waals surface area contributed by atoms with E-state index in [0.29, 0.717) is 0 Å². The highest BCUT2D eigenvalue weighted by atomic mass is 16.3. The largest absolute Gasteiger partial charge is 0.456 e. The zero-order chi connectivity index (χ0) is 34.9. The first-order valence-corrected chi connectivity index (χ1v) is 18.6. The molecular formula is C52H34O. The summed E-state index contributed by atoms with van der Waals surface area (Å²) in [6.07, 6.45) is 6.77. The van der Waals surface area contributed by atoms with Crippen molar-refractivity contribution in [2.45, 2.75) is 12.8 Å². The highest BCUT2D eigenvalue weighted by Gasteiger charge is 2.22. The molecule has 1 aliphatic carbocycles. The lowest BCUT2D eigenvalue weighted by molar-refractivity contribution is 0.669. The van der Waals surface area contributed by atoms with Gasteiger partial charge in [-0.15, -0.1) is 0 Å². The van der Waals surface area contributed by atoms with Gasteiger partial charge in [0.2, 0.25) is 0 Å². The third-order valence-corrected chi connectivity index (χ3v) is 11.3. The predicted molar refractivity (Wildman–Crippen MR) is 225 cm³/mol. The molecule has 0 N–H and O–H groups in total. The molecule has 0 aliphatic heterocycles. The highest BCUT2D eigenvalue weighted by Crippen LogP contribution is 2.46. The summed E-state index contributed by atoms with van der Waals surface area (Å²) in [6.45, 7) is 0. The average molecular weight is 675 g/mol. The van der Waals surface area contributed by atoms with Gasteiger partial charge in [0, 0.05) is 10.8 Å². The van der Waals surface area contributed by atoms with Crippen LogP contribution in [0.4, 0.5) is 0 Å². The summed E-state index contributed by atoms with van der Waals surface area (Å²) in [6, 6.07) is 62.1. The van der Waals surface area contributed by atoms with Gasteiger partial charge in [-0.05, 0) is 125 Å². The molecule has 0 fully saturated rings. The predicted octanol–water partition coefficient (Wildman–Crippen LogP) is 14.7. The first kappa shape index (κ1) is 30.0. The maximum absolute atomic E-state index is 6.34. The van der Waals surface area contributed by atoms with Crippen LogP contribution in [0.25, 0.3) is 105 Å². The molecule has 0 spiro atoms. The minimum absolute atomic E-state index is 0.920. The third-order valence-electron chi connectivity index (χ3n) is 11.3. The number of benzene rings is 9. The van der Waals surface area contributed by atoms with Crippen LogP contribution in [0.5, 0.6) is 0 Å². The molecule has 1 heterocycles. The Bertz CT molecular complexity index is 3100. The van der Waals surface area contributed by atoms with E-state index in [1.807, 2.05) is 0 Å². The van der Waals surface area contributed by atoms with Crippen LogP contribution in [-0.4, -0.2) is 0 Å². The number of rotatable bonds is 4. The fourth-order valence-corrected chi connectivity index (χ4v) is 8.90. The van der Waals surface area contributed by atoms with Crippen molar-refractivity contribution in [3.05, 3.63) is 187 Å². The fourth-order valence-electron chi connectivity index (χ4n) is 8.90. The topological polar surface area (TPSA) is 13.1 Å². The first-order chi connectivity index (χ1) is 26.3. The van der Waals surface area contributed by atoms with Gasteiger partial charge in [-0.1, -0.05) is 158 Å². The summed E-state index contributed by atoms with van der Waals surface area (Å²) in [4.78, 5) is 0. The summed E-state index contributed by atoms with van der Waals surface area (Å²) < 4.78 is 6.34. The minimum atomic E-state index is 0.920. The molecule has 0 bridgehead atoms. The van der Waals surface area contributed by atoms with Crippen molar-refractivity contribution in [3.63, 3.8) is 0 Å². The summed E-state index contributed by atoms with van der Waals surface area (Å²) in [5, 5.41) is 9.93. The zero-order valence-electron chi connectivity index (χ0n) is 29.1. The SMILES string of the molecule is C1=Cc2c(c(-c3cccc(-c4ccc5oc6ccc7ccccc7c6c5c4)c3)c3ccccc3c2-c2ccc(-c3cccc4ccccc34)cc2)CC1. The molecule has 0 unspecified atom stereocenters. The second-order valence-corrected chi connectivity index (χ2v) is 14.3. The Morgan fingerprint density at radius 1 is 0.396 bits per heavy atom. The number of hydrogen-bond acceptors (Lipinski definition) is 1. The Hall–Kier alpha value is -6.70. The van der Waals surface area contributed by atoms with Gasteiger partial charge >= 0.3 is 0 Å². The highest BCUT2D eigenvalue weighted by molar-refractivity contribution is 6.19. The molecule has 0 amide bonds. The lowest BCUT2D eigenvalue weighted by Gasteiger charge is -2.24. The van der Waals surface area contributed by atoms with Crippen molar-refractivity contribution in [1.82, 2.24) is 0 Å². The number of hydrogen-bond donors (Lipinski definition) is 0. The van der Waals surface area contributed by atoms with Crippen molar-refractivity contribution >= 4 is 60.3 Å². The van der Waals surface area contributed by atoms with Crippen molar-refractivity contribution in [2.24, 2.45) is 0 Å². The Kier molecular flexibility index (Phi) is 6.75. The third kappa shape index (κ3) is 4.78. The zero-order valence-corrected chi connectivity index (χ0v) is 29.1. The van der Waals surface area contributed by atoms with Gasteiger partial charge in [0.15, 0.2) is 0 Å². The van der Waals surface area contributed by atoms with Gasteiger partial charge in [0.1, 0.15) is 11.2 Å². The molecule has 1 heteroatoms. The van der Waals surface area contributed by atoms with Gasteiger partial charge in [0.05, 0.1) is 0 Å². The van der Waals surface area contributed by atoms with Gasteiger partial charge in [-0.2, -0.15) is 0 Å². The maximum Gasteiger partial charge on any atom is 0.136 e. The van der Waals surface area contributed by atoms with Gasteiger partial charge < -0.3 is 4.42 Å². The van der Waals surface area contributed by atoms with Crippen LogP contribution in [0.1, 0.15) is 17.5 Å². The lowest BCUT2D eigenvalue weighted by Crippen LogP contribution is -2.02. The van der Waals surface area contributed by atoms with E-state index in [4.69, 9.17) is 4.42 Å². The van der Waals surface area contributed by atoms with Crippen LogP contribution in [0.3, 0.4) is 0 Å². The van der Waals surface area contributed by atoms with Crippen LogP contribution in [0, 0.1) is 0 Å². The monoisotopic (exact) mass is 674 g/mol. The molecule has 0 atom stereocenters. The molecule has 10 aromatic rings. The van der Waals surface area contributed by atoms with E-state index in [1.54, 1.807) is 0 Å². The molecule has 0 saturated heterocycles. The molecule has 1 nitrogen and oxygen atoms in total. The Morgan fingerprint density at radius 2 is 1.02 bits per heavy atom. The molecule has 1 aliphatic rings. The molecule has 11 rings (SSSR count). The number of fused-ring (bicyclic) bond motifs is 8. The molecule has 0 radical (unpaired) electrons. The lowest BCUT2D eigenvalue weighted by atomic mass is 9.80. The molecule has 9 aromatic carbocycles. The van der Waals surface area contributed by atoms with Crippen LogP contribution >= 0.6 is 0 Å². The Morgan fingerprint density at radius 3 is 1.87 bits per heavy atom. The van der Waals surface area contributed by atoms with Crippen LogP contribution in [0.2, 0.25) is 0 Å². The molecule has 53 heavy (non-hydrogen) atoms. The number of furan rings is 1. The van der Waals surface area contributed by atoms with E-state index in [-0.39, 0.29) is 0 Å². The molecule has 0 saturated carbocycles. The van der Waals surface area contributed by atoms with E-state index < -0.39 is 0 Å². The molecule has 248 valence electrons. The smallest absolute Gasteiger partial charge is 0.136 e. The Labute approximate surface area is 308 Å². The maximum atomic E-state index is 6.34. The summed E-state index contributed by atoms with van der Waals surface area (Å²) in [5.74, 6) is 0. The number of allylic oxidation sites excluding steroid dienone is 1. The van der Waals surface area contributed by atoms with E-state index in [9.17, 15) is 0 Å². The van der Waals surface area contributed by atoms with Crippen LogP contribution < -0.4 is 0 Å². The second kappa shape index (κ2) is 11.9. The van der Waals surface area contributed by atoms with E-state index in [2.05, 4.69) is 182 Å². The summed E-state index contributed by atoms with van der Waals surface area (Å²) in [7, 11) is 0. The molecular weight excluding hydrogens is 641 g/mol.